The van der Waals surface area contributed by atoms with Gasteiger partial charge < -0.3 is 20.7 Å². The van der Waals surface area contributed by atoms with Crippen LogP contribution in [0, 0.1) is 0 Å². The number of anilines is 2. The van der Waals surface area contributed by atoms with Crippen molar-refractivity contribution >= 4 is 35.2 Å². The number of benzene rings is 2. The van der Waals surface area contributed by atoms with Crippen molar-refractivity contribution in [3.8, 4) is 0 Å². The van der Waals surface area contributed by atoms with Gasteiger partial charge in [0, 0.05) is 23.0 Å². The van der Waals surface area contributed by atoms with Crippen molar-refractivity contribution in [2.75, 3.05) is 17.2 Å². The van der Waals surface area contributed by atoms with Crippen LogP contribution in [0.1, 0.15) is 36.7 Å². The third-order valence-corrected chi connectivity index (χ3v) is 4.49. The second-order valence-corrected chi connectivity index (χ2v) is 7.77. The van der Waals surface area contributed by atoms with Crippen molar-refractivity contribution in [2.45, 2.75) is 39.3 Å². The van der Waals surface area contributed by atoms with Crippen molar-refractivity contribution in [3.63, 3.8) is 0 Å². The summed E-state index contributed by atoms with van der Waals surface area (Å²) >= 11 is 0. The molecule has 3 amide bonds. The SMILES string of the molecule is CC(Cc1ccc(NC(=O)c2cccc(NC3=NCC(=O)N3)c2)cc1)NC(=O)OC(C)C. The zero-order valence-corrected chi connectivity index (χ0v) is 18.3. The number of carbonyl (C=O) groups excluding carboxylic acids is 3. The number of hydrogen-bond acceptors (Lipinski definition) is 6. The number of nitrogens with zero attached hydrogens (tertiary/aromatic N) is 1. The molecule has 0 spiro atoms. The van der Waals surface area contributed by atoms with Crippen LogP contribution in [0.2, 0.25) is 0 Å². The number of guanidine groups is 1. The standard InChI is InChI=1S/C23H27N5O4/c1-14(2)32-23(31)25-15(3)11-16-7-9-18(10-8-16)26-21(30)17-5-4-6-19(12-17)27-22-24-13-20(29)28-22/h4-10,12,14-15H,11,13H2,1-3H3,(H,25,31)(H,26,30)(H2,24,27,28,29). The number of ether oxygens (including phenoxy) is 1. The Morgan fingerprint density at radius 1 is 1.09 bits per heavy atom. The second-order valence-electron chi connectivity index (χ2n) is 7.77. The minimum absolute atomic E-state index is 0.0915. The van der Waals surface area contributed by atoms with E-state index in [1.165, 1.54) is 0 Å². The maximum Gasteiger partial charge on any atom is 0.407 e. The lowest BCUT2D eigenvalue weighted by Crippen LogP contribution is -2.35. The van der Waals surface area contributed by atoms with Gasteiger partial charge in [-0.15, -0.1) is 0 Å². The Balaban J connectivity index is 1.54. The molecular weight excluding hydrogens is 410 g/mol. The zero-order chi connectivity index (χ0) is 23.1. The van der Waals surface area contributed by atoms with Gasteiger partial charge >= 0.3 is 6.09 Å². The van der Waals surface area contributed by atoms with Gasteiger partial charge in [0.2, 0.25) is 11.9 Å². The quantitative estimate of drug-likeness (QED) is 0.531. The molecule has 0 fully saturated rings. The highest BCUT2D eigenvalue weighted by Crippen LogP contribution is 2.15. The molecule has 2 aromatic rings. The fraction of sp³-hybridized carbons (Fsp3) is 0.304. The predicted octanol–water partition coefficient (Wildman–Crippen LogP) is 2.90. The fourth-order valence-electron chi connectivity index (χ4n) is 3.09. The molecular formula is C23H27N5O4. The summed E-state index contributed by atoms with van der Waals surface area (Å²) < 4.78 is 5.09. The van der Waals surface area contributed by atoms with Crippen LogP contribution < -0.4 is 21.3 Å². The Morgan fingerprint density at radius 3 is 2.50 bits per heavy atom. The van der Waals surface area contributed by atoms with Crippen molar-refractivity contribution < 1.29 is 19.1 Å². The highest BCUT2D eigenvalue weighted by Gasteiger charge is 2.14. The Labute approximate surface area is 186 Å². The summed E-state index contributed by atoms with van der Waals surface area (Å²) in [6, 6.07) is 14.3. The van der Waals surface area contributed by atoms with E-state index in [0.717, 1.165) is 5.56 Å². The highest BCUT2D eigenvalue weighted by atomic mass is 16.6. The van der Waals surface area contributed by atoms with Crippen LogP contribution >= 0.6 is 0 Å². The second kappa shape index (κ2) is 10.4. The first-order chi connectivity index (χ1) is 15.3. The Hall–Kier alpha value is -3.88. The molecule has 0 radical (unpaired) electrons. The van der Waals surface area contributed by atoms with Crippen LogP contribution in [0.3, 0.4) is 0 Å². The topological polar surface area (TPSA) is 121 Å². The lowest BCUT2D eigenvalue weighted by Gasteiger charge is -2.16. The molecule has 0 saturated carbocycles. The molecule has 1 aliphatic rings. The summed E-state index contributed by atoms with van der Waals surface area (Å²) in [6.45, 7) is 5.60. The van der Waals surface area contributed by atoms with Crippen LogP contribution in [-0.2, 0) is 16.0 Å². The minimum atomic E-state index is -0.435. The van der Waals surface area contributed by atoms with E-state index in [1.54, 1.807) is 38.1 Å². The van der Waals surface area contributed by atoms with Gasteiger partial charge in [-0.25, -0.2) is 9.79 Å². The summed E-state index contributed by atoms with van der Waals surface area (Å²) in [4.78, 5) is 39.6. The van der Waals surface area contributed by atoms with Gasteiger partial charge in [-0.2, -0.15) is 0 Å². The van der Waals surface area contributed by atoms with Gasteiger partial charge in [-0.3, -0.25) is 14.9 Å². The summed E-state index contributed by atoms with van der Waals surface area (Å²) in [6.07, 6.45) is 0.0321. The molecule has 168 valence electrons. The monoisotopic (exact) mass is 437 g/mol. The molecule has 9 nitrogen and oxygen atoms in total. The molecule has 4 N–H and O–H groups in total. The Kier molecular flexibility index (Phi) is 7.43. The lowest BCUT2D eigenvalue weighted by atomic mass is 10.1. The van der Waals surface area contributed by atoms with Crippen molar-refractivity contribution in [1.29, 1.82) is 0 Å². The van der Waals surface area contributed by atoms with E-state index in [2.05, 4.69) is 26.3 Å². The molecule has 32 heavy (non-hydrogen) atoms. The van der Waals surface area contributed by atoms with E-state index >= 15 is 0 Å². The van der Waals surface area contributed by atoms with Crippen molar-refractivity contribution in [3.05, 3.63) is 59.7 Å². The smallest absolute Gasteiger partial charge is 0.407 e. The predicted molar refractivity (Wildman–Crippen MR) is 123 cm³/mol. The molecule has 0 bridgehead atoms. The molecule has 2 aromatic carbocycles. The Morgan fingerprint density at radius 2 is 1.84 bits per heavy atom. The molecule has 9 heteroatoms. The van der Waals surface area contributed by atoms with Crippen LogP contribution in [-0.4, -0.2) is 42.6 Å². The summed E-state index contributed by atoms with van der Waals surface area (Å²) in [5.74, 6) is -0.0693. The Bertz CT molecular complexity index is 1020. The molecule has 1 heterocycles. The first-order valence-electron chi connectivity index (χ1n) is 10.4. The van der Waals surface area contributed by atoms with E-state index in [1.807, 2.05) is 31.2 Å². The molecule has 1 aliphatic heterocycles. The maximum absolute atomic E-state index is 12.6. The number of amides is 3. The first kappa shape index (κ1) is 22.8. The van der Waals surface area contributed by atoms with Crippen LogP contribution in [0.25, 0.3) is 0 Å². The van der Waals surface area contributed by atoms with Crippen molar-refractivity contribution in [1.82, 2.24) is 10.6 Å². The van der Waals surface area contributed by atoms with Crippen LogP contribution in [0.15, 0.2) is 53.5 Å². The third-order valence-electron chi connectivity index (χ3n) is 4.49. The normalized spacial score (nSPS) is 13.8. The van der Waals surface area contributed by atoms with E-state index in [-0.39, 0.29) is 30.5 Å². The van der Waals surface area contributed by atoms with Gasteiger partial charge in [0.1, 0.15) is 6.54 Å². The molecule has 0 aromatic heterocycles. The number of alkyl carbamates (subject to hydrolysis) is 1. The van der Waals surface area contributed by atoms with Crippen LogP contribution in [0.4, 0.5) is 16.2 Å². The first-order valence-corrected chi connectivity index (χ1v) is 10.4. The van der Waals surface area contributed by atoms with Crippen LogP contribution in [0.5, 0.6) is 0 Å². The van der Waals surface area contributed by atoms with Gasteiger partial charge in [-0.1, -0.05) is 18.2 Å². The van der Waals surface area contributed by atoms with Gasteiger partial charge in [0.25, 0.3) is 5.91 Å². The maximum atomic E-state index is 12.6. The number of hydrogen-bond donors (Lipinski definition) is 4. The largest absolute Gasteiger partial charge is 0.447 e. The average molecular weight is 438 g/mol. The molecule has 0 aliphatic carbocycles. The number of rotatable bonds is 7. The minimum Gasteiger partial charge on any atom is -0.447 e. The molecule has 1 unspecified atom stereocenters. The van der Waals surface area contributed by atoms with E-state index in [0.29, 0.717) is 29.3 Å². The molecule has 0 saturated heterocycles. The molecule has 1 atom stereocenters. The molecule has 3 rings (SSSR count). The average Bonchev–Trinajstić information content (AvgIpc) is 3.13. The zero-order valence-electron chi connectivity index (χ0n) is 18.3. The summed E-state index contributed by atoms with van der Waals surface area (Å²) in [7, 11) is 0. The van der Waals surface area contributed by atoms with Gasteiger partial charge in [-0.05, 0) is 63.1 Å². The summed E-state index contributed by atoms with van der Waals surface area (Å²) in [5.41, 5.74) is 2.78. The number of nitrogens with one attached hydrogen (secondary N) is 4. The van der Waals surface area contributed by atoms with E-state index in [4.69, 9.17) is 4.74 Å². The number of carbonyl (C=O) groups is 3. The lowest BCUT2D eigenvalue weighted by molar-refractivity contribution is -0.117. The highest BCUT2D eigenvalue weighted by molar-refractivity contribution is 6.10. The summed E-state index contributed by atoms with van der Waals surface area (Å²) in [5, 5.41) is 11.2. The third kappa shape index (κ3) is 6.83. The van der Waals surface area contributed by atoms with Gasteiger partial charge in [0.15, 0.2) is 0 Å². The van der Waals surface area contributed by atoms with E-state index < -0.39 is 6.09 Å². The number of aliphatic imine (C=N–C) groups is 1. The van der Waals surface area contributed by atoms with Crippen molar-refractivity contribution in [2.24, 2.45) is 4.99 Å². The van der Waals surface area contributed by atoms with Gasteiger partial charge in [0.05, 0.1) is 6.10 Å². The van der Waals surface area contributed by atoms with E-state index in [9.17, 15) is 14.4 Å². The fourth-order valence-corrected chi connectivity index (χ4v) is 3.09.